The fraction of sp³-hybridized carbons (Fsp3) is 0.345. The highest BCUT2D eigenvalue weighted by Gasteiger charge is 2.24. The van der Waals surface area contributed by atoms with Crippen LogP contribution in [0.1, 0.15) is 34.7 Å². The monoisotopic (exact) mass is 552 g/mol. The molecule has 0 radical (unpaired) electrons. The average Bonchev–Trinajstić information content (AvgIpc) is 3.31. The maximum absolute atomic E-state index is 13.6. The van der Waals surface area contributed by atoms with Gasteiger partial charge in [0.05, 0.1) is 28.7 Å². The van der Waals surface area contributed by atoms with Crippen molar-refractivity contribution in [2.24, 2.45) is 0 Å². The molecule has 1 amide bonds. The molecular weight excluding hydrogens is 523 g/mol. The number of pyridine rings is 1. The molecule has 1 fully saturated rings. The van der Waals surface area contributed by atoms with Crippen molar-refractivity contribution in [3.63, 3.8) is 0 Å². The summed E-state index contributed by atoms with van der Waals surface area (Å²) < 4.78 is 13.4. The van der Waals surface area contributed by atoms with Gasteiger partial charge in [-0.25, -0.2) is 14.4 Å². The summed E-state index contributed by atoms with van der Waals surface area (Å²) in [6, 6.07) is 14.1. The lowest BCUT2D eigenvalue weighted by atomic mass is 10.1. The number of aliphatic hydroxyl groups excluding tert-OH is 1. The molecule has 0 unspecified atom stereocenters. The molecule has 2 aromatic carbocycles. The number of fused-ring (bicyclic) bond motifs is 1. The second-order valence-corrected chi connectivity index (χ2v) is 11.3. The second-order valence-electron chi connectivity index (χ2n) is 9.75. The summed E-state index contributed by atoms with van der Waals surface area (Å²) in [5, 5.41) is 14.5. The van der Waals surface area contributed by atoms with Gasteiger partial charge in [-0.1, -0.05) is 29.8 Å². The van der Waals surface area contributed by atoms with E-state index in [1.807, 2.05) is 35.4 Å². The first-order chi connectivity index (χ1) is 18.3. The maximum atomic E-state index is 13.6. The van der Waals surface area contributed by atoms with Crippen LogP contribution in [0, 0.1) is 12.7 Å². The fourth-order valence-electron chi connectivity index (χ4n) is 4.81. The van der Waals surface area contributed by atoms with E-state index in [1.165, 1.54) is 23.5 Å². The molecule has 5 rings (SSSR count). The molecule has 0 spiro atoms. The number of hydrogen-bond acceptors (Lipinski definition) is 6. The predicted octanol–water partition coefficient (Wildman–Crippen LogP) is 5.57. The van der Waals surface area contributed by atoms with Gasteiger partial charge in [-0.15, -0.1) is 11.3 Å². The van der Waals surface area contributed by atoms with Crippen molar-refractivity contribution >= 4 is 45.6 Å². The molecule has 0 atom stereocenters. The van der Waals surface area contributed by atoms with Crippen LogP contribution in [0.3, 0.4) is 0 Å². The molecular formula is C29H30ClFN4O2S. The van der Waals surface area contributed by atoms with Gasteiger partial charge in [0.15, 0.2) is 0 Å². The quantitative estimate of drug-likeness (QED) is 0.309. The number of halogens is 2. The number of hydrogen-bond donors (Lipinski definition) is 1. The van der Waals surface area contributed by atoms with Crippen LogP contribution in [0.2, 0.25) is 5.02 Å². The highest BCUT2D eigenvalue weighted by Crippen LogP contribution is 2.29. The Bertz CT molecular complexity index is 1420. The van der Waals surface area contributed by atoms with Gasteiger partial charge in [0.2, 0.25) is 5.91 Å². The Hall–Kier alpha value is -3.07. The van der Waals surface area contributed by atoms with Crippen LogP contribution >= 0.6 is 22.9 Å². The number of aromatic nitrogens is 2. The molecule has 1 N–H and O–H groups in total. The van der Waals surface area contributed by atoms with Gasteiger partial charge in [-0.05, 0) is 62.1 Å². The minimum atomic E-state index is -0.306. The molecule has 198 valence electrons. The number of carbonyl (C=O) groups is 1. The maximum Gasteiger partial charge on any atom is 0.228 e. The topological polar surface area (TPSA) is 69.6 Å². The third-order valence-electron chi connectivity index (χ3n) is 6.90. The summed E-state index contributed by atoms with van der Waals surface area (Å²) >= 11 is 7.79. The van der Waals surface area contributed by atoms with E-state index in [-0.39, 0.29) is 24.2 Å². The van der Waals surface area contributed by atoms with Crippen molar-refractivity contribution < 1.29 is 14.3 Å². The second kappa shape index (κ2) is 11.8. The summed E-state index contributed by atoms with van der Waals surface area (Å²) in [5.74, 6) is 0.517. The van der Waals surface area contributed by atoms with Gasteiger partial charge in [-0.3, -0.25) is 4.79 Å². The number of carbonyl (C=O) groups excluding carboxylic acids is 1. The summed E-state index contributed by atoms with van der Waals surface area (Å²) in [6.45, 7) is 4.16. The highest BCUT2D eigenvalue weighted by molar-refractivity contribution is 7.09. The molecule has 1 saturated heterocycles. The van der Waals surface area contributed by atoms with Gasteiger partial charge in [0.25, 0.3) is 0 Å². The zero-order chi connectivity index (χ0) is 26.6. The number of rotatable bonds is 8. The zero-order valence-corrected chi connectivity index (χ0v) is 22.8. The molecule has 3 heterocycles. The number of aliphatic hydroxyl groups is 1. The van der Waals surface area contributed by atoms with Crippen molar-refractivity contribution in [3.8, 4) is 0 Å². The number of piperidine rings is 1. The van der Waals surface area contributed by atoms with Crippen molar-refractivity contribution in [1.29, 1.82) is 0 Å². The summed E-state index contributed by atoms with van der Waals surface area (Å²) in [4.78, 5) is 27.1. The van der Waals surface area contributed by atoms with Crippen molar-refractivity contribution in [2.75, 3.05) is 24.5 Å². The Morgan fingerprint density at radius 2 is 1.92 bits per heavy atom. The number of anilines is 1. The minimum Gasteiger partial charge on any atom is -0.393 e. The molecule has 0 saturated carbocycles. The van der Waals surface area contributed by atoms with Crippen molar-refractivity contribution in [3.05, 3.63) is 86.6 Å². The molecule has 1 aliphatic rings. The van der Waals surface area contributed by atoms with Crippen LogP contribution in [-0.2, 0) is 24.2 Å². The van der Waals surface area contributed by atoms with Crippen molar-refractivity contribution in [1.82, 2.24) is 14.9 Å². The number of amides is 1. The van der Waals surface area contributed by atoms with Crippen LogP contribution in [-0.4, -0.2) is 51.6 Å². The minimum absolute atomic E-state index is 0.0198. The first kappa shape index (κ1) is 26.5. The van der Waals surface area contributed by atoms with E-state index < -0.39 is 0 Å². The van der Waals surface area contributed by atoms with E-state index in [2.05, 4.69) is 16.0 Å². The third-order valence-corrected chi connectivity index (χ3v) is 7.95. The van der Waals surface area contributed by atoms with Gasteiger partial charge < -0.3 is 14.9 Å². The fourth-order valence-corrected chi connectivity index (χ4v) is 5.59. The lowest BCUT2D eigenvalue weighted by Crippen LogP contribution is -2.38. The smallest absolute Gasteiger partial charge is 0.228 e. The van der Waals surface area contributed by atoms with Crippen LogP contribution < -0.4 is 4.90 Å². The predicted molar refractivity (Wildman–Crippen MR) is 150 cm³/mol. The lowest BCUT2D eigenvalue weighted by Gasteiger charge is -2.33. The van der Waals surface area contributed by atoms with Gasteiger partial charge in [0, 0.05) is 47.5 Å². The van der Waals surface area contributed by atoms with E-state index in [0.717, 1.165) is 38.5 Å². The SMILES string of the molecule is Cc1nc(CC(=O)N(CCc2ccc(F)cc2)Cc2cc3ccc(Cl)cc3nc2N2CCC(O)CC2)cs1. The Kier molecular flexibility index (Phi) is 8.21. The largest absolute Gasteiger partial charge is 0.393 e. The molecule has 6 nitrogen and oxygen atoms in total. The first-order valence-electron chi connectivity index (χ1n) is 12.8. The van der Waals surface area contributed by atoms with Gasteiger partial charge in [-0.2, -0.15) is 0 Å². The zero-order valence-electron chi connectivity index (χ0n) is 21.2. The Labute approximate surface area is 230 Å². The summed E-state index contributed by atoms with van der Waals surface area (Å²) in [6.07, 6.45) is 1.86. The summed E-state index contributed by atoms with van der Waals surface area (Å²) in [5.41, 5.74) is 3.47. The van der Waals surface area contributed by atoms with E-state index in [0.29, 0.717) is 50.5 Å². The van der Waals surface area contributed by atoms with Crippen LogP contribution in [0.15, 0.2) is 53.9 Å². The first-order valence-corrected chi connectivity index (χ1v) is 14.1. The van der Waals surface area contributed by atoms with E-state index in [9.17, 15) is 14.3 Å². The highest BCUT2D eigenvalue weighted by atomic mass is 35.5. The van der Waals surface area contributed by atoms with Gasteiger partial charge >= 0.3 is 0 Å². The van der Waals surface area contributed by atoms with Crippen LogP contribution in [0.5, 0.6) is 0 Å². The average molecular weight is 553 g/mol. The van der Waals surface area contributed by atoms with E-state index >= 15 is 0 Å². The number of nitrogens with zero attached hydrogens (tertiary/aromatic N) is 4. The Balaban J connectivity index is 1.46. The number of aryl methyl sites for hydroxylation is 1. The molecule has 0 aliphatic carbocycles. The Morgan fingerprint density at radius 1 is 1.16 bits per heavy atom. The standard InChI is InChI=1S/C29H30ClFN4O2S/c1-19-32-25(18-38-19)16-28(37)35(11-8-20-2-6-24(31)7-3-20)17-22-14-21-4-5-23(30)15-27(21)33-29(22)34-12-9-26(36)10-13-34/h2-7,14-15,18,26,36H,8-13,16-17H2,1H3. The summed E-state index contributed by atoms with van der Waals surface area (Å²) in [7, 11) is 0. The number of benzene rings is 2. The lowest BCUT2D eigenvalue weighted by molar-refractivity contribution is -0.131. The van der Waals surface area contributed by atoms with E-state index in [1.54, 1.807) is 12.1 Å². The molecule has 38 heavy (non-hydrogen) atoms. The molecule has 0 bridgehead atoms. The molecule has 4 aromatic rings. The van der Waals surface area contributed by atoms with Gasteiger partial charge in [0.1, 0.15) is 11.6 Å². The third kappa shape index (κ3) is 6.49. The molecule has 9 heteroatoms. The molecule has 2 aromatic heterocycles. The normalized spacial score (nSPS) is 14.3. The van der Waals surface area contributed by atoms with E-state index in [4.69, 9.17) is 16.6 Å². The Morgan fingerprint density at radius 3 is 2.63 bits per heavy atom. The van der Waals surface area contributed by atoms with Crippen molar-refractivity contribution in [2.45, 2.75) is 45.3 Å². The number of thiazole rings is 1. The van der Waals surface area contributed by atoms with Crippen LogP contribution in [0.4, 0.5) is 10.2 Å². The van der Waals surface area contributed by atoms with Crippen LogP contribution in [0.25, 0.3) is 10.9 Å². The molecule has 1 aliphatic heterocycles.